The highest BCUT2D eigenvalue weighted by molar-refractivity contribution is 9.10. The number of methoxy groups -OCH3 is 2. The number of rotatable bonds is 7. The van der Waals surface area contributed by atoms with Gasteiger partial charge in [0.05, 0.1) is 20.3 Å². The molecule has 29 heavy (non-hydrogen) atoms. The first kappa shape index (κ1) is 19.6. The van der Waals surface area contributed by atoms with Crippen molar-refractivity contribution in [1.82, 2.24) is 20.2 Å². The van der Waals surface area contributed by atoms with E-state index in [2.05, 4.69) is 36.2 Å². The Morgan fingerprint density at radius 3 is 2.55 bits per heavy atom. The molecule has 1 aliphatic carbocycles. The molecule has 0 saturated heterocycles. The van der Waals surface area contributed by atoms with E-state index in [1.165, 1.54) is 20.3 Å². The molecule has 0 unspecified atom stereocenters. The van der Waals surface area contributed by atoms with Gasteiger partial charge in [-0.25, -0.2) is 13.1 Å². The molecule has 1 fully saturated rings. The predicted molar refractivity (Wildman–Crippen MR) is 110 cm³/mol. The summed E-state index contributed by atoms with van der Waals surface area (Å²) in [6.45, 7) is 0. The highest BCUT2D eigenvalue weighted by atomic mass is 79.9. The summed E-state index contributed by atoms with van der Waals surface area (Å²) in [6.07, 6.45) is 2.08. The smallest absolute Gasteiger partial charge is 0.263 e. The summed E-state index contributed by atoms with van der Waals surface area (Å²) < 4.78 is 41.1. The van der Waals surface area contributed by atoms with Gasteiger partial charge in [0.25, 0.3) is 10.0 Å². The van der Waals surface area contributed by atoms with Crippen molar-refractivity contribution in [2.24, 2.45) is 0 Å². The molecule has 4 rings (SSSR count). The maximum absolute atomic E-state index is 13.0. The normalized spacial score (nSPS) is 13.9. The third kappa shape index (κ3) is 3.92. The second kappa shape index (κ2) is 7.64. The van der Waals surface area contributed by atoms with Crippen LogP contribution in [-0.4, -0.2) is 42.8 Å². The summed E-state index contributed by atoms with van der Waals surface area (Å²) in [4.78, 5) is 0.0309. The minimum Gasteiger partial charge on any atom is -0.493 e. The van der Waals surface area contributed by atoms with Crippen molar-refractivity contribution in [1.29, 1.82) is 0 Å². The van der Waals surface area contributed by atoms with Crippen LogP contribution in [0.2, 0.25) is 0 Å². The fourth-order valence-corrected chi connectivity index (χ4v) is 5.01. The van der Waals surface area contributed by atoms with Gasteiger partial charge in [0.1, 0.15) is 4.90 Å². The zero-order chi connectivity index (χ0) is 20.6. The Labute approximate surface area is 176 Å². The lowest BCUT2D eigenvalue weighted by molar-refractivity contribution is 0.353. The zero-order valence-corrected chi connectivity index (χ0v) is 18.1. The van der Waals surface area contributed by atoms with Crippen LogP contribution in [0.5, 0.6) is 11.5 Å². The molecule has 0 atom stereocenters. The van der Waals surface area contributed by atoms with Crippen LogP contribution in [0.25, 0.3) is 11.4 Å². The maximum Gasteiger partial charge on any atom is 0.263 e. The van der Waals surface area contributed by atoms with Crippen molar-refractivity contribution < 1.29 is 17.9 Å². The summed E-state index contributed by atoms with van der Waals surface area (Å²) in [5, 5.41) is 11.9. The molecule has 0 amide bonds. The monoisotopic (exact) mass is 479 g/mol. The maximum atomic E-state index is 13.0. The second-order valence-electron chi connectivity index (χ2n) is 6.50. The standard InChI is InChI=1S/C18H18BrN5O4S/c1-27-15-9-14(19)17(10-16(15)28-2)29(25,26)21-12-5-3-4-11(8-12)18-20-22-23-24(18)13-6-7-13/h3-5,8-10,13,21H,6-7H2,1-2H3. The molecule has 1 aromatic heterocycles. The number of hydrogen-bond donors (Lipinski definition) is 1. The number of nitrogens with zero attached hydrogens (tertiary/aromatic N) is 4. The average Bonchev–Trinajstić information content (AvgIpc) is 3.43. The third-order valence-corrected chi connectivity index (χ3v) is 6.83. The van der Waals surface area contributed by atoms with E-state index in [-0.39, 0.29) is 4.90 Å². The number of ether oxygens (including phenoxy) is 2. The van der Waals surface area contributed by atoms with Crippen molar-refractivity contribution in [3.8, 4) is 22.9 Å². The number of hydrogen-bond acceptors (Lipinski definition) is 7. The van der Waals surface area contributed by atoms with E-state index < -0.39 is 10.0 Å². The first-order valence-electron chi connectivity index (χ1n) is 8.75. The second-order valence-corrected chi connectivity index (χ2v) is 9.01. The number of anilines is 1. The van der Waals surface area contributed by atoms with E-state index in [0.717, 1.165) is 18.4 Å². The van der Waals surface area contributed by atoms with E-state index >= 15 is 0 Å². The number of nitrogens with one attached hydrogen (secondary N) is 1. The van der Waals surface area contributed by atoms with Crippen molar-refractivity contribution in [2.45, 2.75) is 23.8 Å². The largest absolute Gasteiger partial charge is 0.493 e. The molecule has 9 nitrogen and oxygen atoms in total. The van der Waals surface area contributed by atoms with Crippen LogP contribution in [-0.2, 0) is 10.0 Å². The molecule has 2 aromatic carbocycles. The fourth-order valence-electron chi connectivity index (χ4n) is 2.92. The number of tetrazole rings is 1. The average molecular weight is 480 g/mol. The quantitative estimate of drug-likeness (QED) is 0.553. The molecular weight excluding hydrogens is 462 g/mol. The molecule has 11 heteroatoms. The lowest BCUT2D eigenvalue weighted by Crippen LogP contribution is -2.14. The fraction of sp³-hybridized carbons (Fsp3) is 0.278. The van der Waals surface area contributed by atoms with Crippen molar-refractivity contribution in [3.05, 3.63) is 40.9 Å². The molecule has 1 aliphatic rings. The topological polar surface area (TPSA) is 108 Å². The van der Waals surface area contributed by atoms with E-state index in [0.29, 0.717) is 33.5 Å². The van der Waals surface area contributed by atoms with Gasteiger partial charge >= 0.3 is 0 Å². The lowest BCUT2D eigenvalue weighted by atomic mass is 10.2. The number of benzene rings is 2. The molecule has 1 heterocycles. The van der Waals surface area contributed by atoms with Crippen LogP contribution in [0.4, 0.5) is 5.69 Å². The third-order valence-electron chi connectivity index (χ3n) is 4.49. The molecule has 3 aromatic rings. The van der Waals surface area contributed by atoms with E-state index in [4.69, 9.17) is 9.47 Å². The number of sulfonamides is 1. The summed E-state index contributed by atoms with van der Waals surface area (Å²) in [6, 6.07) is 10.2. The molecule has 0 aliphatic heterocycles. The molecule has 0 radical (unpaired) electrons. The minimum absolute atomic E-state index is 0.0309. The molecule has 0 bridgehead atoms. The summed E-state index contributed by atoms with van der Waals surface area (Å²) >= 11 is 3.29. The Morgan fingerprint density at radius 1 is 1.14 bits per heavy atom. The van der Waals surface area contributed by atoms with Crippen LogP contribution >= 0.6 is 15.9 Å². The van der Waals surface area contributed by atoms with Crippen LogP contribution in [0.3, 0.4) is 0 Å². The summed E-state index contributed by atoms with van der Waals surface area (Å²) in [5.74, 6) is 1.35. The molecular formula is C18H18BrN5O4S. The first-order valence-corrected chi connectivity index (χ1v) is 11.0. The van der Waals surface area contributed by atoms with Gasteiger partial charge in [0.15, 0.2) is 17.3 Å². The highest BCUT2D eigenvalue weighted by Gasteiger charge is 2.28. The van der Waals surface area contributed by atoms with Gasteiger partial charge in [-0.15, -0.1) is 5.10 Å². The Morgan fingerprint density at radius 2 is 1.86 bits per heavy atom. The van der Waals surface area contributed by atoms with Crippen molar-refractivity contribution in [3.63, 3.8) is 0 Å². The van der Waals surface area contributed by atoms with Crippen LogP contribution < -0.4 is 14.2 Å². The minimum atomic E-state index is -3.89. The van der Waals surface area contributed by atoms with Crippen LogP contribution in [0.15, 0.2) is 45.8 Å². The highest BCUT2D eigenvalue weighted by Crippen LogP contribution is 2.38. The van der Waals surface area contributed by atoms with Gasteiger partial charge in [-0.1, -0.05) is 12.1 Å². The Bertz CT molecular complexity index is 1160. The molecule has 0 spiro atoms. The Kier molecular flexibility index (Phi) is 5.17. The van der Waals surface area contributed by atoms with Gasteiger partial charge in [0.2, 0.25) is 0 Å². The van der Waals surface area contributed by atoms with Crippen LogP contribution in [0, 0.1) is 0 Å². The van der Waals surface area contributed by atoms with Crippen LogP contribution in [0.1, 0.15) is 18.9 Å². The SMILES string of the molecule is COc1cc(Br)c(S(=O)(=O)Nc2cccc(-c3nnnn3C3CC3)c2)cc1OC. The molecule has 152 valence electrons. The van der Waals surface area contributed by atoms with Gasteiger partial charge < -0.3 is 9.47 Å². The predicted octanol–water partition coefficient (Wildman–Crippen LogP) is 3.26. The van der Waals surface area contributed by atoms with E-state index in [1.807, 2.05) is 6.07 Å². The van der Waals surface area contributed by atoms with Crippen molar-refractivity contribution in [2.75, 3.05) is 18.9 Å². The number of halogens is 1. The zero-order valence-electron chi connectivity index (χ0n) is 15.7. The molecule has 1 N–H and O–H groups in total. The van der Waals surface area contributed by atoms with E-state index in [9.17, 15) is 8.42 Å². The van der Waals surface area contributed by atoms with E-state index in [1.54, 1.807) is 28.9 Å². The number of aromatic nitrogens is 4. The molecule has 1 saturated carbocycles. The summed E-state index contributed by atoms with van der Waals surface area (Å²) in [7, 11) is -0.961. The van der Waals surface area contributed by atoms with Crippen molar-refractivity contribution >= 4 is 31.6 Å². The summed E-state index contributed by atoms with van der Waals surface area (Å²) in [5.41, 5.74) is 1.13. The lowest BCUT2D eigenvalue weighted by Gasteiger charge is -2.14. The van der Waals surface area contributed by atoms with Gasteiger partial charge in [-0.05, 0) is 57.4 Å². The Balaban J connectivity index is 1.66. The van der Waals surface area contributed by atoms with Gasteiger partial charge in [-0.2, -0.15) is 0 Å². The van der Waals surface area contributed by atoms with Gasteiger partial charge in [-0.3, -0.25) is 4.72 Å². The Hall–Kier alpha value is -2.66. The first-order chi connectivity index (χ1) is 13.9. The van der Waals surface area contributed by atoms with Gasteiger partial charge in [0, 0.05) is 21.8 Å².